The van der Waals surface area contributed by atoms with E-state index in [2.05, 4.69) is 22.3 Å². The Balaban J connectivity index is 0.00000196. The maximum atomic E-state index is 6.45. The summed E-state index contributed by atoms with van der Waals surface area (Å²) in [5.41, 5.74) is 5.11. The highest BCUT2D eigenvalue weighted by atomic mass is 35.5. The number of piperazine rings is 1. The van der Waals surface area contributed by atoms with Crippen LogP contribution in [0.2, 0.25) is 5.02 Å². The lowest BCUT2D eigenvalue weighted by atomic mass is 10.0. The average Bonchev–Trinajstić information content (AvgIpc) is 2.63. The zero-order valence-corrected chi connectivity index (χ0v) is 16.2. The van der Waals surface area contributed by atoms with Crippen LogP contribution in [-0.2, 0) is 6.54 Å². The van der Waals surface area contributed by atoms with Crippen molar-refractivity contribution in [2.24, 2.45) is 0 Å². The molecule has 1 aliphatic heterocycles. The van der Waals surface area contributed by atoms with Crippen LogP contribution in [0.25, 0.3) is 11.0 Å². The molecule has 0 bridgehead atoms. The minimum atomic E-state index is 0. The van der Waals surface area contributed by atoms with Gasteiger partial charge in [0, 0.05) is 37.2 Å². The number of hydrogen-bond donors (Lipinski definition) is 1. The molecule has 0 spiro atoms. The first-order valence-corrected chi connectivity index (χ1v) is 9.01. The lowest BCUT2D eigenvalue weighted by Crippen LogP contribution is -2.45. The molecule has 0 radical (unpaired) electrons. The summed E-state index contributed by atoms with van der Waals surface area (Å²) in [4.78, 5) is 12.0. The second-order valence-electron chi connectivity index (χ2n) is 6.46. The second kappa shape index (κ2) is 8.31. The van der Waals surface area contributed by atoms with Crippen molar-refractivity contribution in [1.29, 1.82) is 0 Å². The quantitative estimate of drug-likeness (QED) is 0.731. The topological polar surface area (TPSA) is 41.1 Å². The number of hydrogen-bond acceptors (Lipinski definition) is 4. The first-order chi connectivity index (χ1) is 12.2. The van der Waals surface area contributed by atoms with Crippen molar-refractivity contribution in [2.75, 3.05) is 19.6 Å². The van der Waals surface area contributed by atoms with Crippen LogP contribution in [0.5, 0.6) is 0 Å². The fraction of sp³-hybridized carbons (Fsp3) is 0.300. The second-order valence-corrected chi connectivity index (χ2v) is 6.86. The fourth-order valence-electron chi connectivity index (χ4n) is 3.45. The zero-order valence-electron chi connectivity index (χ0n) is 14.7. The van der Waals surface area contributed by atoms with E-state index in [1.54, 1.807) is 0 Å². The van der Waals surface area contributed by atoms with Crippen LogP contribution in [0.4, 0.5) is 0 Å². The van der Waals surface area contributed by atoms with Crippen LogP contribution in [-0.4, -0.2) is 34.5 Å². The molecule has 3 aromatic rings. The van der Waals surface area contributed by atoms with E-state index in [0.29, 0.717) is 0 Å². The third-order valence-corrected chi connectivity index (χ3v) is 5.16. The molecule has 26 heavy (non-hydrogen) atoms. The maximum Gasteiger partial charge on any atom is 0.0890 e. The van der Waals surface area contributed by atoms with E-state index < -0.39 is 0 Å². The Morgan fingerprint density at radius 3 is 2.54 bits per heavy atom. The van der Waals surface area contributed by atoms with Gasteiger partial charge in [-0.25, -0.2) is 9.97 Å². The van der Waals surface area contributed by atoms with Crippen LogP contribution in [0.15, 0.2) is 48.5 Å². The molecule has 1 saturated heterocycles. The average molecular weight is 389 g/mol. The lowest BCUT2D eigenvalue weighted by Gasteiger charge is -2.36. The summed E-state index contributed by atoms with van der Waals surface area (Å²) in [7, 11) is 0. The SMILES string of the molecule is Cc1nc2ccccc2nc1CN1CCNCC1c1ccccc1Cl.Cl. The summed E-state index contributed by atoms with van der Waals surface area (Å²) < 4.78 is 0. The molecular formula is C20H22Cl2N4. The number of halogens is 2. The molecule has 1 unspecified atom stereocenters. The normalized spacial score (nSPS) is 17.8. The summed E-state index contributed by atoms with van der Waals surface area (Å²) in [5, 5.41) is 4.31. The van der Waals surface area contributed by atoms with Crippen LogP contribution < -0.4 is 5.32 Å². The van der Waals surface area contributed by atoms with Gasteiger partial charge >= 0.3 is 0 Å². The molecule has 2 aromatic carbocycles. The molecule has 1 N–H and O–H groups in total. The molecule has 0 saturated carbocycles. The van der Waals surface area contributed by atoms with Gasteiger partial charge in [0.2, 0.25) is 0 Å². The molecular weight excluding hydrogens is 367 g/mol. The molecule has 6 heteroatoms. The molecule has 4 nitrogen and oxygen atoms in total. The van der Waals surface area contributed by atoms with E-state index in [4.69, 9.17) is 21.6 Å². The van der Waals surface area contributed by atoms with Gasteiger partial charge in [-0.3, -0.25) is 4.90 Å². The summed E-state index contributed by atoms with van der Waals surface area (Å²) in [6.07, 6.45) is 0. The Bertz CT molecular complexity index is 900. The summed E-state index contributed by atoms with van der Waals surface area (Å²) in [6.45, 7) is 5.65. The molecule has 1 fully saturated rings. The molecule has 0 aliphatic carbocycles. The van der Waals surface area contributed by atoms with Crippen molar-refractivity contribution in [3.8, 4) is 0 Å². The number of benzene rings is 2. The van der Waals surface area contributed by atoms with Gasteiger partial charge in [0.25, 0.3) is 0 Å². The van der Waals surface area contributed by atoms with E-state index in [-0.39, 0.29) is 18.4 Å². The number of nitrogens with one attached hydrogen (secondary N) is 1. The van der Waals surface area contributed by atoms with E-state index in [9.17, 15) is 0 Å². The largest absolute Gasteiger partial charge is 0.314 e. The standard InChI is InChI=1S/C20H21ClN4.ClH/c1-14-19(24-18-9-5-4-8-17(18)23-14)13-25-11-10-22-12-20(25)15-6-2-3-7-16(15)21;/h2-9,20,22H,10-13H2,1H3;1H. The molecule has 1 atom stereocenters. The van der Waals surface area contributed by atoms with Crippen LogP contribution in [0, 0.1) is 6.92 Å². The van der Waals surface area contributed by atoms with Crippen LogP contribution >= 0.6 is 24.0 Å². The van der Waals surface area contributed by atoms with Crippen molar-refractivity contribution in [3.63, 3.8) is 0 Å². The lowest BCUT2D eigenvalue weighted by molar-refractivity contribution is 0.151. The number of rotatable bonds is 3. The first-order valence-electron chi connectivity index (χ1n) is 8.64. The number of aromatic nitrogens is 2. The maximum absolute atomic E-state index is 6.45. The highest BCUT2D eigenvalue weighted by Gasteiger charge is 2.26. The zero-order chi connectivity index (χ0) is 17.2. The Kier molecular flexibility index (Phi) is 6.09. The fourth-order valence-corrected chi connectivity index (χ4v) is 3.72. The Morgan fingerprint density at radius 2 is 1.77 bits per heavy atom. The monoisotopic (exact) mass is 388 g/mol. The van der Waals surface area contributed by atoms with E-state index in [1.807, 2.05) is 43.3 Å². The van der Waals surface area contributed by atoms with Gasteiger partial charge in [-0.05, 0) is 30.7 Å². The van der Waals surface area contributed by atoms with E-state index >= 15 is 0 Å². The van der Waals surface area contributed by atoms with Gasteiger partial charge in [-0.2, -0.15) is 0 Å². The predicted molar refractivity (Wildman–Crippen MR) is 109 cm³/mol. The van der Waals surface area contributed by atoms with Crippen molar-refractivity contribution < 1.29 is 0 Å². The Hall–Kier alpha value is -1.72. The number of aryl methyl sites for hydroxylation is 1. The van der Waals surface area contributed by atoms with Crippen LogP contribution in [0.3, 0.4) is 0 Å². The minimum Gasteiger partial charge on any atom is -0.314 e. The summed E-state index contributed by atoms with van der Waals surface area (Å²) in [5.74, 6) is 0. The van der Waals surface area contributed by atoms with E-state index in [0.717, 1.165) is 53.6 Å². The van der Waals surface area contributed by atoms with Crippen LogP contribution in [0.1, 0.15) is 23.0 Å². The molecule has 4 rings (SSSR count). The number of nitrogens with zero attached hydrogens (tertiary/aromatic N) is 3. The highest BCUT2D eigenvalue weighted by molar-refractivity contribution is 6.31. The van der Waals surface area contributed by atoms with Crippen molar-refractivity contribution in [1.82, 2.24) is 20.2 Å². The molecule has 1 aliphatic rings. The molecule has 2 heterocycles. The van der Waals surface area contributed by atoms with Crippen molar-refractivity contribution in [3.05, 3.63) is 70.5 Å². The Labute approximate surface area is 165 Å². The summed E-state index contributed by atoms with van der Waals surface area (Å²) >= 11 is 6.45. The third kappa shape index (κ3) is 3.84. The molecule has 0 amide bonds. The van der Waals surface area contributed by atoms with Gasteiger partial charge in [-0.1, -0.05) is 41.9 Å². The van der Waals surface area contributed by atoms with Gasteiger partial charge in [-0.15, -0.1) is 12.4 Å². The predicted octanol–water partition coefficient (Wildman–Crippen LogP) is 4.16. The van der Waals surface area contributed by atoms with E-state index in [1.165, 1.54) is 5.56 Å². The van der Waals surface area contributed by atoms with Crippen molar-refractivity contribution >= 4 is 35.0 Å². The smallest absolute Gasteiger partial charge is 0.0890 e. The first kappa shape index (κ1) is 19.1. The van der Waals surface area contributed by atoms with Gasteiger partial charge in [0.15, 0.2) is 0 Å². The molecule has 1 aromatic heterocycles. The Morgan fingerprint density at radius 1 is 1.08 bits per heavy atom. The summed E-state index contributed by atoms with van der Waals surface area (Å²) in [6, 6.07) is 16.4. The number of fused-ring (bicyclic) bond motifs is 1. The molecule has 136 valence electrons. The third-order valence-electron chi connectivity index (χ3n) is 4.81. The van der Waals surface area contributed by atoms with Gasteiger partial charge < -0.3 is 5.32 Å². The van der Waals surface area contributed by atoms with Gasteiger partial charge in [0.1, 0.15) is 0 Å². The van der Waals surface area contributed by atoms with Gasteiger partial charge in [0.05, 0.1) is 22.4 Å². The minimum absolute atomic E-state index is 0. The number of para-hydroxylation sites is 2. The van der Waals surface area contributed by atoms with Crippen molar-refractivity contribution in [2.45, 2.75) is 19.5 Å². The highest BCUT2D eigenvalue weighted by Crippen LogP contribution is 2.29.